The van der Waals surface area contributed by atoms with E-state index in [0.29, 0.717) is 43.8 Å². The lowest BCUT2D eigenvalue weighted by Gasteiger charge is -2.22. The molecule has 7 atom stereocenters. The summed E-state index contributed by atoms with van der Waals surface area (Å²) in [4.78, 5) is 86.7. The predicted molar refractivity (Wildman–Crippen MR) is 461 cm³/mol. The van der Waals surface area contributed by atoms with E-state index in [1.807, 2.05) is 235 Å². The number of Topliss-reactive ketones (excluding diaryl/α,β-unsaturated/α-hetero) is 2. The van der Waals surface area contributed by atoms with Crippen LogP contribution in [0.4, 0.5) is 0 Å². The van der Waals surface area contributed by atoms with Gasteiger partial charge in [0, 0.05) is 69.1 Å². The van der Waals surface area contributed by atoms with Crippen LogP contribution in [0.1, 0.15) is 248 Å². The number of aliphatic hydroxyl groups excluding tert-OH is 2. The van der Waals surface area contributed by atoms with Crippen molar-refractivity contribution < 1.29 is 58.8 Å². The van der Waals surface area contributed by atoms with Gasteiger partial charge < -0.3 is 43.4 Å². The van der Waals surface area contributed by atoms with Crippen LogP contribution in [0.3, 0.4) is 0 Å². The Morgan fingerprint density at radius 2 is 0.730 bits per heavy atom. The topological polar surface area (TPSA) is 345 Å². The highest BCUT2D eigenvalue weighted by Gasteiger charge is 2.26. The fourth-order valence-electron chi connectivity index (χ4n) is 10.8. The first-order valence-corrected chi connectivity index (χ1v) is 39.5. The van der Waals surface area contributed by atoms with E-state index < -0.39 is 23.9 Å². The summed E-state index contributed by atoms with van der Waals surface area (Å²) in [5, 5.41) is 42.6. The zero-order valence-electron chi connectivity index (χ0n) is 69.6. The van der Waals surface area contributed by atoms with Crippen molar-refractivity contribution in [3.05, 3.63) is 250 Å². The summed E-state index contributed by atoms with van der Waals surface area (Å²) in [6.07, 6.45) is 9.04. The first kappa shape index (κ1) is 112. The number of benzene rings is 7. The molecule has 4 amide bonds. The molecule has 0 fully saturated rings. The largest absolute Gasteiger partial charge is 0.481 e. The highest BCUT2D eigenvalue weighted by Crippen LogP contribution is 2.29. The molecule has 17 nitrogen and oxygen atoms in total. The number of nitrogens with two attached hydrogens (primary N) is 4. The number of carbonyl (C=O) groups excluding carboxylic acids is 6. The van der Waals surface area contributed by atoms with Crippen LogP contribution in [-0.2, 0) is 67.3 Å². The quantitative estimate of drug-likeness (QED) is 0.0279. The molecule has 12 N–H and O–H groups in total. The molecule has 2 aliphatic carbocycles. The molecule has 0 aromatic heterocycles. The Morgan fingerprint density at radius 1 is 0.423 bits per heavy atom. The number of aliphatic hydroxyl groups is 2. The summed E-state index contributed by atoms with van der Waals surface area (Å²) >= 11 is 0. The number of ketones is 2. The Morgan fingerprint density at radius 3 is 1.03 bits per heavy atom. The van der Waals surface area contributed by atoms with E-state index in [0.717, 1.165) is 71.4 Å². The highest BCUT2D eigenvalue weighted by atomic mass is 16.4. The number of hydrogen-bond donors (Lipinski definition) is 8. The standard InChI is InChI=1S/C12H14N2O.C12H15NO3.C12H13NO2.C12H14O.C11H15NO2.C11H16.C7H8.C4H8O3.6C2H6.CH4/c13-7-6-11(9-12(14)15)8-10-4-2-1-3-5-10;13-11(14)7-10(8-12(15)16)6-9-4-2-1-3-5-9;13-12(15)7-8-5-9-3-1-2-4-10(9)11(14)6-8;1-2-9-7-10-5-3-4-6-11(10)12(13)8-9;12-11(14)7-10(8-13)6-9-4-2-1-3-5-9;1-3-10(2)9-11-7-5-4-6-8-11;1-7-5-3-2-4-6-7;1-3(5)2-4(6)7;6*1-2;/h1-5,11H,6,8-9H2,(H2,14,15);1-5,10H,6-8H2,(H2,13,14)(H,15,16);1-4,8H,5-7H2,(H2,13,15);3-6,9H,2,7-8H2,1H3;1-5,10,13H,6-8H2,(H2,12,14);4-8,10H,3,9H2,1-2H3;2-6H,1H3;3,5H,2H2,1H3,(H,6,7);6*1-2H3;1H4/t;;8-;9-;;;;;;;;;;;/m..00.........../s1. The number of carboxylic acids is 2. The van der Waals surface area contributed by atoms with Gasteiger partial charge in [0.15, 0.2) is 11.6 Å². The summed E-state index contributed by atoms with van der Waals surface area (Å²) < 4.78 is 0. The van der Waals surface area contributed by atoms with Crippen LogP contribution in [0.15, 0.2) is 200 Å². The van der Waals surface area contributed by atoms with Crippen molar-refractivity contribution in [3.63, 3.8) is 0 Å². The van der Waals surface area contributed by atoms with Crippen molar-refractivity contribution in [2.75, 3.05) is 6.61 Å². The molecule has 9 rings (SSSR count). The minimum Gasteiger partial charge on any atom is -0.481 e. The molecule has 616 valence electrons. The van der Waals surface area contributed by atoms with Crippen molar-refractivity contribution >= 4 is 47.1 Å². The van der Waals surface area contributed by atoms with Crippen LogP contribution < -0.4 is 22.9 Å². The number of rotatable bonds is 24. The van der Waals surface area contributed by atoms with E-state index >= 15 is 0 Å². The second-order valence-corrected chi connectivity index (χ2v) is 24.9. The number of carboxylic acid groups (broad SMARTS) is 2. The Labute approximate surface area is 669 Å². The molecule has 7 aromatic rings. The molecular formula is C94H143N5O12. The fourth-order valence-corrected chi connectivity index (χ4v) is 10.8. The van der Waals surface area contributed by atoms with Gasteiger partial charge in [0.1, 0.15) is 0 Å². The molecular weight excluding hydrogens is 1390 g/mol. The third kappa shape index (κ3) is 61.6. The molecule has 0 heterocycles. The first-order chi connectivity index (χ1) is 52.8. The van der Waals surface area contributed by atoms with Crippen molar-refractivity contribution in [3.8, 4) is 6.07 Å². The highest BCUT2D eigenvalue weighted by molar-refractivity contribution is 5.99. The minimum atomic E-state index is -0.963. The van der Waals surface area contributed by atoms with Crippen molar-refractivity contribution in [2.45, 2.75) is 240 Å². The van der Waals surface area contributed by atoms with Gasteiger partial charge in [0.25, 0.3) is 0 Å². The molecule has 111 heavy (non-hydrogen) atoms. The summed E-state index contributed by atoms with van der Waals surface area (Å²) in [6, 6.07) is 67.7. The van der Waals surface area contributed by atoms with Gasteiger partial charge in [-0.15, -0.1) is 0 Å². The Kier molecular flexibility index (Phi) is 76.2. The smallest absolute Gasteiger partial charge is 0.305 e. The van der Waals surface area contributed by atoms with Crippen LogP contribution in [0, 0.1) is 53.8 Å². The summed E-state index contributed by atoms with van der Waals surface area (Å²) in [5.74, 6) is -1.67. The van der Waals surface area contributed by atoms with Gasteiger partial charge in [-0.3, -0.25) is 38.4 Å². The van der Waals surface area contributed by atoms with E-state index in [4.69, 9.17) is 48.6 Å². The van der Waals surface area contributed by atoms with E-state index in [9.17, 15) is 38.4 Å². The average Bonchev–Trinajstić information content (AvgIpc) is 0.827. The molecule has 7 aromatic carbocycles. The molecule has 2 aliphatic rings. The van der Waals surface area contributed by atoms with Gasteiger partial charge >= 0.3 is 11.9 Å². The third-order valence-corrected chi connectivity index (χ3v) is 15.9. The molecule has 17 heteroatoms. The number of nitriles is 1. The summed E-state index contributed by atoms with van der Waals surface area (Å²) in [5.41, 5.74) is 30.5. The van der Waals surface area contributed by atoms with Gasteiger partial charge in [0.05, 0.1) is 18.6 Å². The predicted octanol–water partition coefficient (Wildman–Crippen LogP) is 19.6. The van der Waals surface area contributed by atoms with Gasteiger partial charge in [-0.05, 0) is 121 Å². The second kappa shape index (κ2) is 75.5. The zero-order valence-corrected chi connectivity index (χ0v) is 69.6. The van der Waals surface area contributed by atoms with Gasteiger partial charge in [-0.25, -0.2) is 0 Å². The third-order valence-electron chi connectivity index (χ3n) is 15.9. The maximum atomic E-state index is 11.7. The number of carbonyl (C=O) groups is 8. The molecule has 0 spiro atoms. The Bertz CT molecular complexity index is 3460. The molecule has 0 aliphatic heterocycles. The van der Waals surface area contributed by atoms with Crippen LogP contribution >= 0.6 is 0 Å². The number of amides is 4. The van der Waals surface area contributed by atoms with E-state index in [1.165, 1.54) is 36.5 Å². The average molecular weight is 1540 g/mol. The normalized spacial score (nSPS) is 13.0. The number of aliphatic carboxylic acids is 2. The van der Waals surface area contributed by atoms with Crippen LogP contribution in [0.2, 0.25) is 0 Å². The second-order valence-electron chi connectivity index (χ2n) is 24.9. The molecule has 0 saturated carbocycles. The molecule has 0 bridgehead atoms. The number of fused-ring (bicyclic) bond motifs is 2. The van der Waals surface area contributed by atoms with Crippen molar-refractivity contribution in [2.24, 2.45) is 58.4 Å². The first-order valence-electron chi connectivity index (χ1n) is 39.5. The molecule has 0 radical (unpaired) electrons. The van der Waals surface area contributed by atoms with Crippen molar-refractivity contribution in [1.82, 2.24) is 0 Å². The lowest BCUT2D eigenvalue weighted by Crippen LogP contribution is -2.24. The van der Waals surface area contributed by atoms with Crippen molar-refractivity contribution in [1.29, 1.82) is 5.26 Å². The Balaban J connectivity index is -0.000000280. The SMILES string of the molecule is C.CC.CC.CC.CC.CC.CC.CC(O)CC(=O)O.CCC(C)Cc1ccccc1.CC[C@@H]1CC(=O)c2ccccc2C1.Cc1ccccc1.N#CCC(CC(N)=O)Cc1ccccc1.NC(=O)CC(CC(=O)O)Cc1ccccc1.NC(=O)CC(CO)Cc1ccccc1.NC(=O)C[C@@H]1CC(=O)c2ccccc2C1. The zero-order chi connectivity index (χ0) is 84.6. The lowest BCUT2D eigenvalue weighted by atomic mass is 9.81. The number of nitrogens with zero attached hydrogens (tertiary/aromatic N) is 1. The van der Waals surface area contributed by atoms with E-state index in [-0.39, 0.29) is 93.3 Å². The Hall–Kier alpha value is -9.89. The van der Waals surface area contributed by atoms with Crippen LogP contribution in [0.25, 0.3) is 0 Å². The number of aryl methyl sites for hydroxylation is 1. The van der Waals surface area contributed by atoms with E-state index in [1.54, 1.807) is 0 Å². The van der Waals surface area contributed by atoms with Gasteiger partial charge in [0.2, 0.25) is 23.6 Å². The van der Waals surface area contributed by atoms with Crippen LogP contribution in [0.5, 0.6) is 0 Å². The van der Waals surface area contributed by atoms with Gasteiger partial charge in [-0.1, -0.05) is 330 Å². The van der Waals surface area contributed by atoms with E-state index in [2.05, 4.69) is 82.3 Å². The molecule has 5 unspecified atom stereocenters. The maximum absolute atomic E-state index is 11.7. The summed E-state index contributed by atoms with van der Waals surface area (Å²) in [6.45, 7) is 34.2. The van der Waals surface area contributed by atoms with Gasteiger partial charge in [-0.2, -0.15) is 5.26 Å². The lowest BCUT2D eigenvalue weighted by molar-refractivity contribution is -0.139. The monoisotopic (exact) mass is 1530 g/mol. The molecule has 0 saturated heterocycles. The number of hydrogen-bond acceptors (Lipinski definition) is 11. The minimum absolute atomic E-state index is 0. The summed E-state index contributed by atoms with van der Waals surface area (Å²) in [7, 11) is 0. The number of primary amides is 4. The van der Waals surface area contributed by atoms with Crippen LogP contribution in [-0.4, -0.2) is 80.3 Å². The fraction of sp³-hybridized carbons (Fsp3) is 0.457. The maximum Gasteiger partial charge on any atom is 0.305 e.